The molecule has 5 aromatic carbocycles. The fourth-order valence-corrected chi connectivity index (χ4v) is 7.77. The highest BCUT2D eigenvalue weighted by Gasteiger charge is 2.54. The number of ketones is 1. The molecule has 0 spiro atoms. The Morgan fingerprint density at radius 1 is 0.500 bits per heavy atom. The SMILES string of the molecule is CC(=O)CCC(=O)O[C@@H]1[C@H](O[C@H]2O[C@H](COCc3ccccc3)[C@@H](OCc3ccccc3)[C@H](OCc3ccccc3)[C@H]2OCc2ccccc2)[C@@H](OCc2ccccc2)[C@H](C)O[C@H]1O. The number of carbonyl (C=O) groups excluding carboxylic acids is 2. The van der Waals surface area contributed by atoms with Crippen LogP contribution in [0.1, 0.15) is 54.5 Å². The Balaban J connectivity index is 1.27. The monoisotopic (exact) mass is 874 g/mol. The summed E-state index contributed by atoms with van der Waals surface area (Å²) in [5.74, 6) is -0.886. The van der Waals surface area contributed by atoms with Gasteiger partial charge in [0.2, 0.25) is 0 Å². The van der Waals surface area contributed by atoms with Crippen molar-refractivity contribution in [2.24, 2.45) is 0 Å². The molecule has 10 atom stereocenters. The normalized spacial score (nSPS) is 25.7. The summed E-state index contributed by atoms with van der Waals surface area (Å²) in [5.41, 5.74) is 4.64. The Kier molecular flexibility index (Phi) is 17.8. The summed E-state index contributed by atoms with van der Waals surface area (Å²) < 4.78 is 59.5. The van der Waals surface area contributed by atoms with E-state index in [-0.39, 0.29) is 51.7 Å². The van der Waals surface area contributed by atoms with Gasteiger partial charge in [-0.2, -0.15) is 0 Å². The summed E-state index contributed by atoms with van der Waals surface area (Å²) in [6.07, 6.45) is -10.6. The summed E-state index contributed by atoms with van der Waals surface area (Å²) in [6.45, 7) is 4.30. The second-order valence-corrected chi connectivity index (χ2v) is 16.1. The number of rotatable bonds is 22. The summed E-state index contributed by atoms with van der Waals surface area (Å²) in [5, 5.41) is 11.5. The van der Waals surface area contributed by atoms with E-state index in [0.717, 1.165) is 27.8 Å². The van der Waals surface area contributed by atoms with Crippen molar-refractivity contribution >= 4 is 11.8 Å². The molecule has 2 aliphatic heterocycles. The molecular weight excluding hydrogens is 817 g/mol. The predicted octanol–water partition coefficient (Wildman–Crippen LogP) is 7.67. The number of aliphatic hydroxyl groups is 1. The van der Waals surface area contributed by atoms with E-state index < -0.39 is 67.4 Å². The molecule has 0 aromatic heterocycles. The first-order valence-corrected chi connectivity index (χ1v) is 21.9. The number of benzene rings is 5. The number of Topliss-reactive ketones (excluding diaryl/α,β-unsaturated/α-hetero) is 1. The number of esters is 1. The zero-order valence-electron chi connectivity index (χ0n) is 36.3. The van der Waals surface area contributed by atoms with Gasteiger partial charge >= 0.3 is 5.97 Å². The van der Waals surface area contributed by atoms with Crippen molar-refractivity contribution in [3.63, 3.8) is 0 Å². The lowest BCUT2D eigenvalue weighted by atomic mass is 9.96. The van der Waals surface area contributed by atoms with Crippen LogP contribution in [0.15, 0.2) is 152 Å². The lowest BCUT2D eigenvalue weighted by Crippen LogP contribution is -2.66. The molecule has 2 aliphatic rings. The largest absolute Gasteiger partial charge is 0.454 e. The van der Waals surface area contributed by atoms with Crippen molar-refractivity contribution in [2.75, 3.05) is 6.61 Å². The fraction of sp³-hybridized carbons (Fsp3) is 0.385. The van der Waals surface area contributed by atoms with E-state index in [2.05, 4.69) is 0 Å². The van der Waals surface area contributed by atoms with Gasteiger partial charge in [-0.1, -0.05) is 152 Å². The first-order chi connectivity index (χ1) is 31.3. The first kappa shape index (κ1) is 46.9. The minimum Gasteiger partial charge on any atom is -0.454 e. The lowest BCUT2D eigenvalue weighted by Gasteiger charge is -2.49. The molecule has 0 saturated carbocycles. The van der Waals surface area contributed by atoms with E-state index >= 15 is 0 Å². The van der Waals surface area contributed by atoms with E-state index in [0.29, 0.717) is 6.61 Å². The van der Waals surface area contributed by atoms with Gasteiger partial charge in [0, 0.05) is 6.42 Å². The second kappa shape index (κ2) is 24.2. The Hall–Kier alpha value is -5.12. The smallest absolute Gasteiger partial charge is 0.306 e. The van der Waals surface area contributed by atoms with Crippen LogP contribution in [0.4, 0.5) is 0 Å². The third-order valence-corrected chi connectivity index (χ3v) is 11.1. The van der Waals surface area contributed by atoms with Crippen LogP contribution < -0.4 is 0 Å². The van der Waals surface area contributed by atoms with Gasteiger partial charge in [0.1, 0.15) is 42.4 Å². The van der Waals surface area contributed by atoms with Crippen LogP contribution >= 0.6 is 0 Å². The predicted molar refractivity (Wildman–Crippen MR) is 236 cm³/mol. The number of hydrogen-bond donors (Lipinski definition) is 1. The minimum absolute atomic E-state index is 0.0328. The average molecular weight is 875 g/mol. The van der Waals surface area contributed by atoms with Crippen molar-refractivity contribution in [1.29, 1.82) is 0 Å². The molecule has 2 fully saturated rings. The molecule has 5 aromatic rings. The Labute approximate surface area is 375 Å². The summed E-state index contributed by atoms with van der Waals surface area (Å²) in [7, 11) is 0. The molecule has 64 heavy (non-hydrogen) atoms. The van der Waals surface area contributed by atoms with E-state index in [9.17, 15) is 14.7 Å². The van der Waals surface area contributed by atoms with Gasteiger partial charge in [-0.25, -0.2) is 0 Å². The lowest BCUT2D eigenvalue weighted by molar-refractivity contribution is -0.369. The molecule has 0 aliphatic carbocycles. The van der Waals surface area contributed by atoms with Crippen molar-refractivity contribution in [2.45, 2.75) is 121 Å². The van der Waals surface area contributed by atoms with Crippen LogP contribution in [0.25, 0.3) is 0 Å². The maximum Gasteiger partial charge on any atom is 0.306 e. The first-order valence-electron chi connectivity index (χ1n) is 21.9. The Bertz CT molecular complexity index is 2110. The summed E-state index contributed by atoms with van der Waals surface area (Å²) in [4.78, 5) is 25.2. The maximum absolute atomic E-state index is 13.3. The van der Waals surface area contributed by atoms with Crippen molar-refractivity contribution in [1.82, 2.24) is 0 Å². The highest BCUT2D eigenvalue weighted by Crippen LogP contribution is 2.36. The summed E-state index contributed by atoms with van der Waals surface area (Å²) in [6, 6.07) is 48.8. The van der Waals surface area contributed by atoms with E-state index in [4.69, 9.17) is 42.6 Å². The van der Waals surface area contributed by atoms with Crippen LogP contribution in [0.5, 0.6) is 0 Å². The Morgan fingerprint density at radius 3 is 1.39 bits per heavy atom. The summed E-state index contributed by atoms with van der Waals surface area (Å²) >= 11 is 0. The second-order valence-electron chi connectivity index (χ2n) is 16.1. The van der Waals surface area contributed by atoms with Gasteiger partial charge < -0.3 is 52.5 Å². The number of ether oxygens (including phenoxy) is 9. The molecule has 338 valence electrons. The average Bonchev–Trinajstić information content (AvgIpc) is 3.32. The van der Waals surface area contributed by atoms with Gasteiger partial charge in [-0.15, -0.1) is 0 Å². The van der Waals surface area contributed by atoms with Crippen LogP contribution in [0, 0.1) is 0 Å². The quantitative estimate of drug-likeness (QED) is 0.0684. The topological polar surface area (TPSA) is 137 Å². The third-order valence-electron chi connectivity index (χ3n) is 11.1. The number of aliphatic hydroxyl groups excluding tert-OH is 1. The molecule has 2 saturated heterocycles. The molecule has 0 bridgehead atoms. The highest BCUT2D eigenvalue weighted by atomic mass is 16.7. The van der Waals surface area contributed by atoms with Crippen molar-refractivity contribution in [3.8, 4) is 0 Å². The van der Waals surface area contributed by atoms with Crippen LogP contribution in [-0.2, 0) is 85.3 Å². The molecule has 2 heterocycles. The van der Waals surface area contributed by atoms with Crippen LogP contribution in [-0.4, -0.2) is 84.9 Å². The molecule has 7 rings (SSSR count). The molecular formula is C52H58O12. The molecule has 1 N–H and O–H groups in total. The van der Waals surface area contributed by atoms with Gasteiger partial charge in [-0.3, -0.25) is 4.79 Å². The fourth-order valence-electron chi connectivity index (χ4n) is 7.77. The Morgan fingerprint density at radius 2 is 0.922 bits per heavy atom. The van der Waals surface area contributed by atoms with E-state index in [1.807, 2.05) is 152 Å². The van der Waals surface area contributed by atoms with Crippen LogP contribution in [0.2, 0.25) is 0 Å². The molecule has 0 radical (unpaired) electrons. The van der Waals surface area contributed by atoms with E-state index in [1.54, 1.807) is 6.92 Å². The number of carbonyl (C=O) groups is 2. The zero-order chi connectivity index (χ0) is 44.5. The van der Waals surface area contributed by atoms with Crippen molar-refractivity contribution in [3.05, 3.63) is 179 Å². The van der Waals surface area contributed by atoms with Gasteiger partial charge in [-0.05, 0) is 41.7 Å². The van der Waals surface area contributed by atoms with Gasteiger partial charge in [0.05, 0.1) is 52.2 Å². The van der Waals surface area contributed by atoms with Gasteiger partial charge in [0.15, 0.2) is 18.7 Å². The number of hydrogen-bond acceptors (Lipinski definition) is 12. The molecule has 12 nitrogen and oxygen atoms in total. The van der Waals surface area contributed by atoms with E-state index in [1.165, 1.54) is 6.92 Å². The zero-order valence-corrected chi connectivity index (χ0v) is 36.3. The standard InChI is InChI=1S/C52H58O12/c1-36(53)28-29-44(54)63-49-48(45(37(2)61-51(49)55)57-31-39-20-10-4-11-21-39)64-52-50(60-34-42-26-16-7-17-27-42)47(59-33-41-24-14-6-15-25-41)46(58-32-40-22-12-5-13-23-40)43(62-52)35-56-30-38-18-8-3-9-19-38/h3-27,37,43,45-52,55H,28-35H2,1-2H3/t37-,43+,45-,46+,47-,48+,49+,50+,51+,52+/m0/s1. The minimum atomic E-state index is -1.61. The van der Waals surface area contributed by atoms with Crippen molar-refractivity contribution < 1.29 is 57.3 Å². The molecule has 0 amide bonds. The third kappa shape index (κ3) is 13.7. The molecule has 0 unspecified atom stereocenters. The molecule has 12 heteroatoms. The maximum atomic E-state index is 13.3. The van der Waals surface area contributed by atoms with Gasteiger partial charge in [0.25, 0.3) is 0 Å². The van der Waals surface area contributed by atoms with Crippen LogP contribution in [0.3, 0.4) is 0 Å². The highest BCUT2D eigenvalue weighted by molar-refractivity contribution is 5.81.